The van der Waals surface area contributed by atoms with E-state index in [2.05, 4.69) is 12.1 Å². The van der Waals surface area contributed by atoms with E-state index in [-0.39, 0.29) is 32.7 Å². The SMILES string of the molecule is [2H]c1c([2H])c([2H])c(-c2c3c([2H])c([2H])c([2H])c([2H])c3c(-c3cccc(-c4ccc5ccc(-c6ccccc6)cc5c4)c3)c3c([2H])c([2H])c([2H])c([2H])c23)c([2H])c1[2H]. The van der Waals surface area contributed by atoms with Gasteiger partial charge in [0.25, 0.3) is 0 Å². The molecule has 8 rings (SSSR count). The van der Waals surface area contributed by atoms with Crippen LogP contribution in [0.5, 0.6) is 0 Å². The highest BCUT2D eigenvalue weighted by Gasteiger charge is 2.16. The number of fused-ring (bicyclic) bond motifs is 3. The van der Waals surface area contributed by atoms with E-state index in [1.807, 2.05) is 60.7 Å². The summed E-state index contributed by atoms with van der Waals surface area (Å²) in [5, 5.41) is 1.29. The lowest BCUT2D eigenvalue weighted by atomic mass is 9.85. The molecule has 0 heterocycles. The van der Waals surface area contributed by atoms with Crippen LogP contribution in [0.1, 0.15) is 17.8 Å². The van der Waals surface area contributed by atoms with E-state index in [0.29, 0.717) is 5.56 Å². The van der Waals surface area contributed by atoms with Crippen LogP contribution in [0.4, 0.5) is 0 Å². The maximum absolute atomic E-state index is 9.21. The molecule has 0 fully saturated rings. The fourth-order valence-electron chi connectivity index (χ4n) is 5.63. The normalized spacial score (nSPS) is 15.7. The summed E-state index contributed by atoms with van der Waals surface area (Å²) in [7, 11) is 0. The molecule has 0 heteroatoms. The first kappa shape index (κ1) is 14.4. The van der Waals surface area contributed by atoms with Gasteiger partial charge in [0, 0.05) is 0 Å². The average Bonchev–Trinajstić information content (AvgIpc) is 3.21. The molecule has 0 aliphatic rings. The lowest BCUT2D eigenvalue weighted by Gasteiger charge is -2.18. The van der Waals surface area contributed by atoms with E-state index in [9.17, 15) is 2.74 Å². The lowest BCUT2D eigenvalue weighted by Crippen LogP contribution is -1.91. The summed E-state index contributed by atoms with van der Waals surface area (Å²) in [4.78, 5) is 0. The minimum atomic E-state index is -0.706. The van der Waals surface area contributed by atoms with Gasteiger partial charge in [0.2, 0.25) is 0 Å². The van der Waals surface area contributed by atoms with Crippen LogP contribution in [0.2, 0.25) is 0 Å². The number of rotatable bonds is 4. The van der Waals surface area contributed by atoms with Gasteiger partial charge in [-0.3, -0.25) is 0 Å². The third kappa shape index (κ3) is 4.17. The summed E-state index contributed by atoms with van der Waals surface area (Å²) < 4.78 is 114. The van der Waals surface area contributed by atoms with Crippen LogP contribution in [-0.4, -0.2) is 0 Å². The molecular weight excluding hydrogens is 504 g/mol. The molecule has 0 aliphatic carbocycles. The Kier molecular flexibility index (Phi) is 3.50. The zero-order chi connectivity index (χ0) is 39.2. The van der Waals surface area contributed by atoms with Crippen molar-refractivity contribution in [1.29, 1.82) is 0 Å². The summed E-state index contributed by atoms with van der Waals surface area (Å²) >= 11 is 0. The van der Waals surface area contributed by atoms with Crippen molar-refractivity contribution in [2.45, 2.75) is 0 Å². The lowest BCUT2D eigenvalue weighted by molar-refractivity contribution is 1.62. The van der Waals surface area contributed by atoms with Gasteiger partial charge in [-0.15, -0.1) is 0 Å². The molecule has 0 amide bonds. The second-order valence-corrected chi connectivity index (χ2v) is 9.97. The summed E-state index contributed by atoms with van der Waals surface area (Å²) in [6, 6.07) is 21.1. The molecule has 8 aromatic rings. The monoisotopic (exact) mass is 545 g/mol. The first-order chi connectivity index (χ1) is 26.2. The molecule has 196 valence electrons. The van der Waals surface area contributed by atoms with Crippen molar-refractivity contribution >= 4 is 32.3 Å². The molecule has 0 N–H and O–H groups in total. The van der Waals surface area contributed by atoms with Crippen molar-refractivity contribution in [2.24, 2.45) is 0 Å². The number of benzene rings is 8. The van der Waals surface area contributed by atoms with Crippen molar-refractivity contribution in [3.05, 3.63) is 170 Å². The van der Waals surface area contributed by atoms with Gasteiger partial charge < -0.3 is 0 Å². The first-order valence-corrected chi connectivity index (χ1v) is 13.5. The van der Waals surface area contributed by atoms with Crippen LogP contribution in [0.3, 0.4) is 0 Å². The van der Waals surface area contributed by atoms with Crippen LogP contribution in [-0.2, 0) is 0 Å². The molecule has 0 atom stereocenters. The maximum atomic E-state index is 9.21. The Morgan fingerprint density at radius 2 is 0.786 bits per heavy atom. The topological polar surface area (TPSA) is 0 Å². The van der Waals surface area contributed by atoms with Gasteiger partial charge in [-0.25, -0.2) is 0 Å². The van der Waals surface area contributed by atoms with Crippen LogP contribution in [0.15, 0.2) is 170 Å². The second kappa shape index (κ2) is 10.2. The van der Waals surface area contributed by atoms with Crippen molar-refractivity contribution in [2.75, 3.05) is 0 Å². The predicted octanol–water partition coefficient (Wildman–Crippen LogP) is 11.8. The highest BCUT2D eigenvalue weighted by atomic mass is 14.2. The van der Waals surface area contributed by atoms with Crippen molar-refractivity contribution in [1.82, 2.24) is 0 Å². The van der Waals surface area contributed by atoms with E-state index < -0.39 is 84.1 Å². The average molecular weight is 546 g/mol. The molecule has 0 aliphatic heterocycles. The number of hydrogen-bond donors (Lipinski definition) is 0. The zero-order valence-electron chi connectivity index (χ0n) is 35.2. The van der Waals surface area contributed by atoms with Crippen LogP contribution in [0.25, 0.3) is 76.8 Å². The molecule has 0 nitrogen and oxygen atoms in total. The van der Waals surface area contributed by atoms with Crippen LogP contribution < -0.4 is 0 Å². The molecule has 0 spiro atoms. The van der Waals surface area contributed by atoms with E-state index in [1.165, 1.54) is 0 Å². The summed E-state index contributed by atoms with van der Waals surface area (Å²) in [6.45, 7) is 0. The highest BCUT2D eigenvalue weighted by Crippen LogP contribution is 2.44. The summed E-state index contributed by atoms with van der Waals surface area (Å²) in [5.41, 5.74) is 3.39. The van der Waals surface area contributed by atoms with E-state index in [0.717, 1.165) is 33.0 Å². The van der Waals surface area contributed by atoms with Gasteiger partial charge in [-0.2, -0.15) is 0 Å². The minimum Gasteiger partial charge on any atom is -0.0622 e. The molecule has 0 bridgehead atoms. The van der Waals surface area contributed by atoms with Gasteiger partial charge in [-0.1, -0.05) is 151 Å². The number of hydrogen-bond acceptors (Lipinski definition) is 0. The molecule has 42 heavy (non-hydrogen) atoms. The van der Waals surface area contributed by atoms with Gasteiger partial charge >= 0.3 is 0 Å². The predicted molar refractivity (Wildman–Crippen MR) is 181 cm³/mol. The van der Waals surface area contributed by atoms with Crippen molar-refractivity contribution < 1.29 is 17.8 Å². The van der Waals surface area contributed by atoms with Crippen molar-refractivity contribution in [3.63, 3.8) is 0 Å². The standard InChI is InChI=1S/C42H28/c1-3-12-29(13-4-1)33-24-22-30-23-25-34(28-36(30)27-33)32-16-11-17-35(26-32)42-39-20-9-7-18-37(39)41(31-14-5-2-6-15-31)38-19-8-10-21-40(38)42/h1-28H/i2D,5D,6D,7D,8D,9D,10D,14D,15D,18D,19D,20D,21D. The molecule has 0 unspecified atom stereocenters. The smallest absolute Gasteiger partial charge is 0.0622 e. The Bertz CT molecular complexity index is 2850. The maximum Gasteiger partial charge on any atom is 0.0629 e. The molecule has 8 aromatic carbocycles. The largest absolute Gasteiger partial charge is 0.0629 e. The molecular formula is C42H28. The van der Waals surface area contributed by atoms with Gasteiger partial charge in [0.1, 0.15) is 0 Å². The van der Waals surface area contributed by atoms with Crippen LogP contribution >= 0.6 is 0 Å². The Morgan fingerprint density at radius 1 is 0.310 bits per heavy atom. The van der Waals surface area contributed by atoms with Crippen LogP contribution in [0, 0.1) is 0 Å². The quantitative estimate of drug-likeness (QED) is 0.193. The fourth-order valence-corrected chi connectivity index (χ4v) is 5.63. The Hall–Kier alpha value is -5.46. The van der Waals surface area contributed by atoms with Gasteiger partial charge in [-0.05, 0) is 95.0 Å². The fraction of sp³-hybridized carbons (Fsp3) is 0. The van der Waals surface area contributed by atoms with E-state index >= 15 is 0 Å². The van der Waals surface area contributed by atoms with E-state index in [1.54, 1.807) is 18.2 Å². The summed E-state index contributed by atoms with van der Waals surface area (Å²) in [5.74, 6) is 0. The molecule has 0 aromatic heterocycles. The molecule has 0 saturated carbocycles. The zero-order valence-corrected chi connectivity index (χ0v) is 22.2. The Balaban J connectivity index is 1.51. The Labute approximate surface area is 264 Å². The second-order valence-electron chi connectivity index (χ2n) is 9.97. The van der Waals surface area contributed by atoms with Gasteiger partial charge in [0.15, 0.2) is 0 Å². The van der Waals surface area contributed by atoms with E-state index in [4.69, 9.17) is 15.1 Å². The minimum absolute atomic E-state index is 0.0918. The molecule has 0 saturated heterocycles. The van der Waals surface area contributed by atoms with Gasteiger partial charge in [0.05, 0.1) is 17.8 Å². The highest BCUT2D eigenvalue weighted by molar-refractivity contribution is 6.21. The third-order valence-electron chi connectivity index (χ3n) is 7.56. The Morgan fingerprint density at radius 3 is 1.40 bits per heavy atom. The third-order valence-corrected chi connectivity index (χ3v) is 7.56. The summed E-state index contributed by atoms with van der Waals surface area (Å²) in [6.07, 6.45) is 0. The molecule has 0 radical (unpaired) electrons. The first-order valence-electron chi connectivity index (χ1n) is 20.0. The van der Waals surface area contributed by atoms with Crippen molar-refractivity contribution in [3.8, 4) is 44.5 Å².